The van der Waals surface area contributed by atoms with Gasteiger partial charge in [0.15, 0.2) is 0 Å². The van der Waals surface area contributed by atoms with Gasteiger partial charge in [0, 0.05) is 25.1 Å². The van der Waals surface area contributed by atoms with Gasteiger partial charge >= 0.3 is 0 Å². The number of carbonyl (C=O) groups excluding carboxylic acids is 1. The van der Waals surface area contributed by atoms with Gasteiger partial charge in [0.05, 0.1) is 0 Å². The summed E-state index contributed by atoms with van der Waals surface area (Å²) >= 11 is 0. The average molecular weight is 255 g/mol. The van der Waals surface area contributed by atoms with E-state index >= 15 is 0 Å². The zero-order valence-electron chi connectivity index (χ0n) is 9.60. The van der Waals surface area contributed by atoms with Gasteiger partial charge in [0.2, 0.25) is 0 Å². The van der Waals surface area contributed by atoms with Crippen LogP contribution in [-0.4, -0.2) is 12.5 Å². The molecule has 0 spiro atoms. The van der Waals surface area contributed by atoms with Gasteiger partial charge in [-0.25, -0.2) is 13.2 Å². The number of benzene rings is 1. The highest BCUT2D eigenvalue weighted by molar-refractivity contribution is 5.94. The van der Waals surface area contributed by atoms with E-state index in [0.29, 0.717) is 31.4 Å². The normalized spacial score (nSPS) is 9.89. The molecule has 0 unspecified atom stereocenters. The van der Waals surface area contributed by atoms with Crippen molar-refractivity contribution in [3.05, 3.63) is 35.1 Å². The number of rotatable bonds is 5. The first-order chi connectivity index (χ1) is 8.56. The topological polar surface area (TPSA) is 29.1 Å². The van der Waals surface area contributed by atoms with Gasteiger partial charge in [-0.15, -0.1) is 12.3 Å². The second-order valence-electron chi connectivity index (χ2n) is 3.66. The van der Waals surface area contributed by atoms with Gasteiger partial charge in [0.25, 0.3) is 5.91 Å². The summed E-state index contributed by atoms with van der Waals surface area (Å²) in [5, 5.41) is 2.35. The summed E-state index contributed by atoms with van der Waals surface area (Å²) in [5.74, 6) is -1.95. The lowest BCUT2D eigenvalue weighted by molar-refractivity contribution is 0.0944. The molecule has 1 N–H and O–H groups in total. The Morgan fingerprint density at radius 1 is 1.22 bits per heavy atom. The number of carbonyl (C=O) groups is 1. The minimum atomic E-state index is -1.21. The van der Waals surface area contributed by atoms with Gasteiger partial charge in [-0.05, 0) is 12.8 Å². The third-order valence-electron chi connectivity index (χ3n) is 2.27. The number of hydrogen-bond acceptors (Lipinski definition) is 1. The Balaban J connectivity index is 2.60. The largest absolute Gasteiger partial charge is 0.352 e. The van der Waals surface area contributed by atoms with Crippen molar-refractivity contribution in [2.75, 3.05) is 6.54 Å². The van der Waals surface area contributed by atoms with Crippen LogP contribution in [-0.2, 0) is 0 Å². The maximum absolute atomic E-state index is 13.2. The number of nitrogens with one attached hydrogen (secondary N) is 1. The summed E-state index contributed by atoms with van der Waals surface area (Å²) in [6.45, 7) is 0.261. The molecule has 0 bridgehead atoms. The summed E-state index contributed by atoms with van der Waals surface area (Å²) in [7, 11) is 0. The molecule has 0 aliphatic carbocycles. The first-order valence-corrected chi connectivity index (χ1v) is 5.42. The minimum Gasteiger partial charge on any atom is -0.352 e. The standard InChI is InChI=1S/C13H12F3NO/c1-2-3-4-5-6-17-13(18)12-10(15)7-9(14)8-11(12)16/h1,7-8H,3-6H2,(H,17,18). The Hall–Kier alpha value is -1.96. The van der Waals surface area contributed by atoms with Crippen LogP contribution < -0.4 is 5.32 Å². The first-order valence-electron chi connectivity index (χ1n) is 5.42. The van der Waals surface area contributed by atoms with Crippen LogP contribution >= 0.6 is 0 Å². The Kier molecular flexibility index (Phi) is 5.25. The number of hydrogen-bond donors (Lipinski definition) is 1. The van der Waals surface area contributed by atoms with Crippen molar-refractivity contribution in [3.8, 4) is 12.3 Å². The Morgan fingerprint density at radius 2 is 1.83 bits per heavy atom. The second-order valence-corrected chi connectivity index (χ2v) is 3.66. The zero-order valence-corrected chi connectivity index (χ0v) is 9.60. The number of halogens is 3. The Bertz CT molecular complexity index is 457. The zero-order chi connectivity index (χ0) is 13.5. The molecule has 0 radical (unpaired) electrons. The quantitative estimate of drug-likeness (QED) is 0.636. The molecule has 0 aliphatic heterocycles. The van der Waals surface area contributed by atoms with E-state index in [1.807, 2.05) is 0 Å². The molecule has 1 aromatic rings. The van der Waals surface area contributed by atoms with Crippen LogP contribution in [0.4, 0.5) is 13.2 Å². The summed E-state index contributed by atoms with van der Waals surface area (Å²) < 4.78 is 39.1. The molecule has 5 heteroatoms. The minimum absolute atomic E-state index is 0.261. The van der Waals surface area contributed by atoms with E-state index in [4.69, 9.17) is 6.42 Å². The molecule has 0 aromatic heterocycles. The molecule has 0 heterocycles. The van der Waals surface area contributed by atoms with Crippen LogP contribution in [0.3, 0.4) is 0 Å². The lowest BCUT2D eigenvalue weighted by Crippen LogP contribution is -2.26. The smallest absolute Gasteiger partial charge is 0.257 e. The highest BCUT2D eigenvalue weighted by Gasteiger charge is 2.18. The second kappa shape index (κ2) is 6.70. The molecule has 1 rings (SSSR count). The third-order valence-corrected chi connectivity index (χ3v) is 2.27. The molecule has 0 aliphatic rings. The summed E-state index contributed by atoms with van der Waals surface area (Å²) in [5.41, 5.74) is -0.770. The van der Waals surface area contributed by atoms with E-state index in [1.165, 1.54) is 0 Å². The molecule has 0 fully saturated rings. The van der Waals surface area contributed by atoms with Crippen molar-refractivity contribution in [2.24, 2.45) is 0 Å². The summed E-state index contributed by atoms with van der Waals surface area (Å²) in [4.78, 5) is 11.5. The molecule has 1 aromatic carbocycles. The first kappa shape index (κ1) is 14.1. The van der Waals surface area contributed by atoms with Crippen LogP contribution in [0.25, 0.3) is 0 Å². The summed E-state index contributed by atoms with van der Waals surface area (Å²) in [6.07, 6.45) is 6.95. The fourth-order valence-electron chi connectivity index (χ4n) is 1.40. The van der Waals surface area contributed by atoms with Crippen LogP contribution in [0, 0.1) is 29.8 Å². The monoisotopic (exact) mass is 255 g/mol. The van der Waals surface area contributed by atoms with E-state index in [1.54, 1.807) is 0 Å². The molecule has 18 heavy (non-hydrogen) atoms. The lowest BCUT2D eigenvalue weighted by Gasteiger charge is -2.06. The van der Waals surface area contributed by atoms with Crippen molar-refractivity contribution < 1.29 is 18.0 Å². The lowest BCUT2D eigenvalue weighted by atomic mass is 10.1. The van der Waals surface area contributed by atoms with Crippen LogP contribution in [0.1, 0.15) is 29.6 Å². The molecular formula is C13H12F3NO. The van der Waals surface area contributed by atoms with Gasteiger partial charge in [0.1, 0.15) is 23.0 Å². The van der Waals surface area contributed by atoms with Crippen molar-refractivity contribution in [2.45, 2.75) is 19.3 Å². The van der Waals surface area contributed by atoms with Crippen molar-refractivity contribution in [1.82, 2.24) is 5.32 Å². The summed E-state index contributed by atoms with van der Waals surface area (Å²) in [6, 6.07) is 0.937. The fourth-order valence-corrected chi connectivity index (χ4v) is 1.40. The maximum Gasteiger partial charge on any atom is 0.257 e. The van der Waals surface area contributed by atoms with E-state index in [-0.39, 0.29) is 6.54 Å². The Morgan fingerprint density at radius 3 is 2.39 bits per heavy atom. The molecule has 96 valence electrons. The van der Waals surface area contributed by atoms with Gasteiger partial charge in [-0.1, -0.05) is 0 Å². The van der Waals surface area contributed by atoms with Crippen LogP contribution in [0.2, 0.25) is 0 Å². The van der Waals surface area contributed by atoms with Gasteiger partial charge < -0.3 is 5.32 Å². The third kappa shape index (κ3) is 3.81. The SMILES string of the molecule is C#CCCCCNC(=O)c1c(F)cc(F)cc1F. The van der Waals surface area contributed by atoms with Crippen molar-refractivity contribution in [3.63, 3.8) is 0 Å². The molecular weight excluding hydrogens is 243 g/mol. The molecule has 1 amide bonds. The van der Waals surface area contributed by atoms with E-state index in [2.05, 4.69) is 11.2 Å². The van der Waals surface area contributed by atoms with Gasteiger partial charge in [-0.2, -0.15) is 0 Å². The van der Waals surface area contributed by atoms with E-state index in [0.717, 1.165) is 0 Å². The maximum atomic E-state index is 13.2. The van der Waals surface area contributed by atoms with E-state index < -0.39 is 28.9 Å². The van der Waals surface area contributed by atoms with Gasteiger partial charge in [-0.3, -0.25) is 4.79 Å². The predicted molar refractivity (Wildman–Crippen MR) is 61.3 cm³/mol. The number of terminal acetylenes is 1. The molecule has 2 nitrogen and oxygen atoms in total. The highest BCUT2D eigenvalue weighted by atomic mass is 19.1. The fraction of sp³-hybridized carbons (Fsp3) is 0.308. The highest BCUT2D eigenvalue weighted by Crippen LogP contribution is 2.14. The van der Waals surface area contributed by atoms with Crippen LogP contribution in [0.5, 0.6) is 0 Å². The molecule has 0 atom stereocenters. The average Bonchev–Trinajstić information content (AvgIpc) is 2.27. The molecule has 0 saturated carbocycles. The molecule has 0 saturated heterocycles. The number of amides is 1. The van der Waals surface area contributed by atoms with Crippen molar-refractivity contribution in [1.29, 1.82) is 0 Å². The number of unbranched alkanes of at least 4 members (excludes halogenated alkanes) is 2. The predicted octanol–water partition coefficient (Wildman–Crippen LogP) is 2.64. The van der Waals surface area contributed by atoms with E-state index in [9.17, 15) is 18.0 Å². The Labute approximate surface area is 103 Å². The van der Waals surface area contributed by atoms with Crippen molar-refractivity contribution >= 4 is 5.91 Å². The van der Waals surface area contributed by atoms with Crippen LogP contribution in [0.15, 0.2) is 12.1 Å².